The van der Waals surface area contributed by atoms with E-state index in [2.05, 4.69) is 46.1 Å². The number of aliphatic hydroxyl groups excluding tert-OH is 1. The first-order valence-corrected chi connectivity index (χ1v) is 9.27. The molecule has 3 N–H and O–H groups in total. The molecule has 3 aromatic rings. The zero-order chi connectivity index (χ0) is 17.6. The van der Waals surface area contributed by atoms with Crippen molar-refractivity contribution in [2.45, 2.75) is 19.6 Å². The Balaban J connectivity index is 0.00000243. The molecule has 26 heavy (non-hydrogen) atoms. The molecular formula is C19H25IN4OS. The third-order valence-electron chi connectivity index (χ3n) is 3.89. The number of benzene rings is 1. The fraction of sp³-hybridized carbons (Fsp3) is 0.316. The first-order chi connectivity index (χ1) is 12.2. The minimum atomic E-state index is -0.557. The summed E-state index contributed by atoms with van der Waals surface area (Å²) in [6.07, 6.45) is 3.51. The Morgan fingerprint density at radius 2 is 2.08 bits per heavy atom. The number of aliphatic imine (C=N–C) groups is 1. The molecule has 3 rings (SSSR count). The van der Waals surface area contributed by atoms with Crippen molar-refractivity contribution in [3.8, 4) is 0 Å². The minimum absolute atomic E-state index is 0. The second-order valence-electron chi connectivity index (χ2n) is 5.96. The topological polar surface area (TPSA) is 61.6 Å². The maximum Gasteiger partial charge on any atom is 0.191 e. The Labute approximate surface area is 175 Å². The Hall–Kier alpha value is -1.58. The predicted octanol–water partition coefficient (Wildman–Crippen LogP) is 3.65. The van der Waals surface area contributed by atoms with E-state index in [4.69, 9.17) is 0 Å². The molecule has 7 heteroatoms. The summed E-state index contributed by atoms with van der Waals surface area (Å²) in [4.78, 5) is 5.54. The lowest BCUT2D eigenvalue weighted by molar-refractivity contribution is 0.184. The number of aryl methyl sites for hydroxylation is 1. The van der Waals surface area contributed by atoms with E-state index in [1.165, 1.54) is 10.1 Å². The quantitative estimate of drug-likeness (QED) is 0.285. The van der Waals surface area contributed by atoms with Gasteiger partial charge in [0.25, 0.3) is 0 Å². The Bertz CT molecular complexity index is 825. The van der Waals surface area contributed by atoms with Crippen molar-refractivity contribution in [1.29, 1.82) is 0 Å². The van der Waals surface area contributed by atoms with E-state index in [-0.39, 0.29) is 24.0 Å². The van der Waals surface area contributed by atoms with Gasteiger partial charge in [-0.2, -0.15) is 0 Å². The van der Waals surface area contributed by atoms with Gasteiger partial charge in [-0.1, -0.05) is 18.2 Å². The molecule has 0 spiro atoms. The molecule has 0 amide bonds. The number of guanidine groups is 1. The number of nitrogens with zero attached hydrogens (tertiary/aromatic N) is 2. The van der Waals surface area contributed by atoms with Crippen LogP contribution in [0.1, 0.15) is 23.5 Å². The van der Waals surface area contributed by atoms with Gasteiger partial charge < -0.3 is 20.3 Å². The van der Waals surface area contributed by atoms with Crippen LogP contribution < -0.4 is 10.6 Å². The molecule has 0 aliphatic carbocycles. The Morgan fingerprint density at radius 3 is 2.77 bits per heavy atom. The molecule has 140 valence electrons. The van der Waals surface area contributed by atoms with Gasteiger partial charge in [-0.15, -0.1) is 35.3 Å². The summed E-state index contributed by atoms with van der Waals surface area (Å²) in [5.74, 6) is 0.714. The van der Waals surface area contributed by atoms with Gasteiger partial charge in [0, 0.05) is 42.1 Å². The van der Waals surface area contributed by atoms with Gasteiger partial charge in [-0.05, 0) is 36.1 Å². The van der Waals surface area contributed by atoms with Crippen molar-refractivity contribution in [3.63, 3.8) is 0 Å². The number of aliphatic hydroxyl groups is 1. The van der Waals surface area contributed by atoms with E-state index in [0.717, 1.165) is 17.0 Å². The van der Waals surface area contributed by atoms with Gasteiger partial charge in [0.1, 0.15) is 6.10 Å². The number of thiophene rings is 1. The largest absolute Gasteiger partial charge is 0.386 e. The first-order valence-electron chi connectivity index (χ1n) is 8.45. The van der Waals surface area contributed by atoms with Gasteiger partial charge in [0.05, 0.1) is 6.54 Å². The number of rotatable bonds is 6. The van der Waals surface area contributed by atoms with E-state index in [0.29, 0.717) is 19.0 Å². The Morgan fingerprint density at radius 1 is 1.27 bits per heavy atom. The highest BCUT2D eigenvalue weighted by Crippen LogP contribution is 2.29. The van der Waals surface area contributed by atoms with Crippen LogP contribution in [0.2, 0.25) is 0 Å². The molecule has 0 radical (unpaired) electrons. The minimum Gasteiger partial charge on any atom is -0.386 e. The highest BCUT2D eigenvalue weighted by atomic mass is 127. The summed E-state index contributed by atoms with van der Waals surface area (Å²) >= 11 is 1.63. The molecule has 0 aliphatic heterocycles. The van der Waals surface area contributed by atoms with Crippen molar-refractivity contribution >= 4 is 51.4 Å². The molecule has 2 heterocycles. The van der Waals surface area contributed by atoms with Crippen LogP contribution in [0.15, 0.2) is 53.8 Å². The summed E-state index contributed by atoms with van der Waals surface area (Å²) in [6.45, 7) is 3.84. The van der Waals surface area contributed by atoms with Crippen molar-refractivity contribution in [3.05, 3.63) is 59.2 Å². The monoisotopic (exact) mass is 484 g/mol. The summed E-state index contributed by atoms with van der Waals surface area (Å²) in [5, 5.41) is 18.1. The predicted molar refractivity (Wildman–Crippen MR) is 120 cm³/mol. The zero-order valence-corrected chi connectivity index (χ0v) is 18.1. The van der Waals surface area contributed by atoms with E-state index in [1.54, 1.807) is 11.3 Å². The SMILES string of the molecule is CCNC(=NCc1ccn(C)c1)NCC(O)c1cc2ccccc2s1.I. The maximum atomic E-state index is 10.5. The Kier molecular flexibility index (Phi) is 7.92. The number of hydrogen-bond donors (Lipinski definition) is 3. The van der Waals surface area contributed by atoms with Crippen LogP contribution in [0.4, 0.5) is 0 Å². The van der Waals surface area contributed by atoms with Crippen LogP contribution in [0.25, 0.3) is 10.1 Å². The molecular weight excluding hydrogens is 459 g/mol. The van der Waals surface area contributed by atoms with Crippen LogP contribution in [-0.2, 0) is 13.6 Å². The van der Waals surface area contributed by atoms with Crippen LogP contribution >= 0.6 is 35.3 Å². The van der Waals surface area contributed by atoms with Crippen LogP contribution in [0.5, 0.6) is 0 Å². The lowest BCUT2D eigenvalue weighted by Gasteiger charge is -2.14. The average molecular weight is 484 g/mol. The van der Waals surface area contributed by atoms with Crippen molar-refractivity contribution in [2.75, 3.05) is 13.1 Å². The van der Waals surface area contributed by atoms with Gasteiger partial charge in [-0.3, -0.25) is 0 Å². The molecule has 0 bridgehead atoms. The van der Waals surface area contributed by atoms with Crippen LogP contribution in [-0.4, -0.2) is 28.7 Å². The highest BCUT2D eigenvalue weighted by Gasteiger charge is 2.12. The van der Waals surface area contributed by atoms with E-state index in [1.807, 2.05) is 36.9 Å². The second-order valence-corrected chi connectivity index (χ2v) is 7.08. The third-order valence-corrected chi connectivity index (χ3v) is 5.11. The summed E-state index contributed by atoms with van der Waals surface area (Å²) in [7, 11) is 2.00. The van der Waals surface area contributed by atoms with Crippen LogP contribution in [0, 0.1) is 0 Å². The number of aromatic nitrogens is 1. The normalized spacial score (nSPS) is 12.7. The van der Waals surface area contributed by atoms with Crippen molar-refractivity contribution in [1.82, 2.24) is 15.2 Å². The summed E-state index contributed by atoms with van der Waals surface area (Å²) < 4.78 is 3.21. The number of halogens is 1. The lowest BCUT2D eigenvalue weighted by Crippen LogP contribution is -2.39. The third kappa shape index (κ3) is 5.46. The summed E-state index contributed by atoms with van der Waals surface area (Å²) in [6, 6.07) is 12.3. The van der Waals surface area contributed by atoms with E-state index in [9.17, 15) is 5.11 Å². The van der Waals surface area contributed by atoms with Gasteiger partial charge in [0.2, 0.25) is 0 Å². The number of nitrogens with one attached hydrogen (secondary N) is 2. The van der Waals surface area contributed by atoms with E-state index >= 15 is 0 Å². The molecule has 1 unspecified atom stereocenters. The maximum absolute atomic E-state index is 10.5. The molecule has 2 aromatic heterocycles. The molecule has 0 aliphatic rings. The van der Waals surface area contributed by atoms with Crippen LogP contribution in [0.3, 0.4) is 0 Å². The molecule has 1 atom stereocenters. The van der Waals surface area contributed by atoms with Gasteiger partial charge >= 0.3 is 0 Å². The van der Waals surface area contributed by atoms with Crippen molar-refractivity contribution in [2.24, 2.45) is 12.0 Å². The highest BCUT2D eigenvalue weighted by molar-refractivity contribution is 14.0. The molecule has 1 aromatic carbocycles. The molecule has 0 saturated heterocycles. The lowest BCUT2D eigenvalue weighted by atomic mass is 10.2. The fourth-order valence-electron chi connectivity index (χ4n) is 2.63. The smallest absolute Gasteiger partial charge is 0.191 e. The molecule has 0 saturated carbocycles. The average Bonchev–Trinajstić information content (AvgIpc) is 3.23. The fourth-order valence-corrected chi connectivity index (χ4v) is 3.68. The van der Waals surface area contributed by atoms with Gasteiger partial charge in [0.15, 0.2) is 5.96 Å². The standard InChI is InChI=1S/C19H24N4OS.HI/c1-3-20-19(21-11-14-8-9-23(2)13-14)22-12-16(24)18-10-15-6-4-5-7-17(15)25-18;/h4-10,13,16,24H,3,11-12H2,1-2H3,(H2,20,21,22);1H. The second kappa shape index (κ2) is 9.94. The van der Waals surface area contributed by atoms with Gasteiger partial charge in [-0.25, -0.2) is 4.99 Å². The zero-order valence-electron chi connectivity index (χ0n) is 15.0. The molecule has 0 fully saturated rings. The van der Waals surface area contributed by atoms with Crippen molar-refractivity contribution < 1.29 is 5.11 Å². The number of hydrogen-bond acceptors (Lipinski definition) is 3. The first kappa shape index (κ1) is 20.7. The van der Waals surface area contributed by atoms with E-state index < -0.39 is 6.10 Å². The molecule has 5 nitrogen and oxygen atoms in total. The number of fused-ring (bicyclic) bond motifs is 1. The summed E-state index contributed by atoms with van der Waals surface area (Å²) in [5.41, 5.74) is 1.16.